The molecular weight excluding hydrogens is 200 g/mol. The molecule has 0 saturated carbocycles. The Labute approximate surface area is 95.9 Å². The third-order valence-electron chi connectivity index (χ3n) is 3.02. The standard InChI is InChI=1S/C12H16N4/c1-2-3-10-5-7-16(9-10)12-14-6-4-11(8-13)15-12/h4,6,10H,2-3,5,7,9H2,1H3. The molecule has 0 aromatic carbocycles. The summed E-state index contributed by atoms with van der Waals surface area (Å²) in [5, 5.41) is 8.78. The van der Waals surface area contributed by atoms with Crippen molar-refractivity contribution in [3.05, 3.63) is 18.0 Å². The fourth-order valence-electron chi connectivity index (χ4n) is 2.22. The van der Waals surface area contributed by atoms with E-state index in [4.69, 9.17) is 5.26 Å². The van der Waals surface area contributed by atoms with Crippen molar-refractivity contribution < 1.29 is 0 Å². The average molecular weight is 216 g/mol. The van der Waals surface area contributed by atoms with E-state index in [0.29, 0.717) is 11.6 Å². The molecule has 1 saturated heterocycles. The van der Waals surface area contributed by atoms with Gasteiger partial charge >= 0.3 is 0 Å². The van der Waals surface area contributed by atoms with Crippen LogP contribution in [0.2, 0.25) is 0 Å². The predicted molar refractivity (Wildman–Crippen MR) is 62.0 cm³/mol. The lowest BCUT2D eigenvalue weighted by Gasteiger charge is -2.15. The lowest BCUT2D eigenvalue weighted by molar-refractivity contribution is 0.529. The van der Waals surface area contributed by atoms with Gasteiger partial charge in [0.25, 0.3) is 0 Å². The molecule has 1 atom stereocenters. The Morgan fingerprint density at radius 3 is 3.25 bits per heavy atom. The molecule has 0 N–H and O–H groups in total. The molecule has 4 nitrogen and oxygen atoms in total. The van der Waals surface area contributed by atoms with E-state index in [1.54, 1.807) is 12.3 Å². The van der Waals surface area contributed by atoms with E-state index >= 15 is 0 Å². The molecule has 1 aromatic rings. The molecule has 0 amide bonds. The van der Waals surface area contributed by atoms with Crippen LogP contribution in [0.5, 0.6) is 0 Å². The minimum atomic E-state index is 0.448. The Hall–Kier alpha value is -1.63. The summed E-state index contributed by atoms with van der Waals surface area (Å²) in [6.45, 7) is 4.26. The van der Waals surface area contributed by atoms with Gasteiger partial charge in [0.2, 0.25) is 5.95 Å². The second-order valence-electron chi connectivity index (χ2n) is 4.24. The molecule has 1 aromatic heterocycles. The van der Waals surface area contributed by atoms with Crippen molar-refractivity contribution in [1.29, 1.82) is 5.26 Å². The molecule has 0 aliphatic carbocycles. The van der Waals surface area contributed by atoms with Crippen LogP contribution in [0.25, 0.3) is 0 Å². The summed E-state index contributed by atoms with van der Waals surface area (Å²) in [4.78, 5) is 10.6. The molecular formula is C12H16N4. The molecule has 1 fully saturated rings. The topological polar surface area (TPSA) is 52.8 Å². The van der Waals surface area contributed by atoms with Crippen molar-refractivity contribution in [1.82, 2.24) is 9.97 Å². The molecule has 0 spiro atoms. The number of hydrogen-bond donors (Lipinski definition) is 0. The second kappa shape index (κ2) is 4.93. The van der Waals surface area contributed by atoms with Crippen LogP contribution >= 0.6 is 0 Å². The number of nitrogens with zero attached hydrogens (tertiary/aromatic N) is 4. The Morgan fingerprint density at radius 1 is 1.62 bits per heavy atom. The summed E-state index contributed by atoms with van der Waals surface area (Å²) in [6.07, 6.45) is 5.38. The lowest BCUT2D eigenvalue weighted by Crippen LogP contribution is -2.22. The van der Waals surface area contributed by atoms with Crippen LogP contribution in [0, 0.1) is 17.2 Å². The quantitative estimate of drug-likeness (QED) is 0.775. The Morgan fingerprint density at radius 2 is 2.50 bits per heavy atom. The second-order valence-corrected chi connectivity index (χ2v) is 4.24. The Balaban J connectivity index is 2.06. The monoisotopic (exact) mass is 216 g/mol. The molecule has 0 radical (unpaired) electrons. The minimum absolute atomic E-state index is 0.448. The predicted octanol–water partition coefficient (Wildman–Crippen LogP) is 1.97. The molecule has 1 aliphatic heterocycles. The number of anilines is 1. The molecule has 2 rings (SSSR count). The smallest absolute Gasteiger partial charge is 0.226 e. The zero-order valence-corrected chi connectivity index (χ0v) is 9.56. The summed E-state index contributed by atoms with van der Waals surface area (Å²) < 4.78 is 0. The summed E-state index contributed by atoms with van der Waals surface area (Å²) in [5.41, 5.74) is 0.448. The van der Waals surface area contributed by atoms with Gasteiger partial charge in [-0.05, 0) is 24.8 Å². The molecule has 4 heteroatoms. The van der Waals surface area contributed by atoms with E-state index in [-0.39, 0.29) is 0 Å². The van der Waals surface area contributed by atoms with Gasteiger partial charge in [0.15, 0.2) is 0 Å². The van der Waals surface area contributed by atoms with Crippen molar-refractivity contribution in [3.63, 3.8) is 0 Å². The first-order valence-corrected chi connectivity index (χ1v) is 5.81. The summed E-state index contributed by atoms with van der Waals surface area (Å²) in [6, 6.07) is 3.69. The molecule has 1 unspecified atom stereocenters. The fourth-order valence-corrected chi connectivity index (χ4v) is 2.22. The first-order valence-electron chi connectivity index (χ1n) is 5.81. The number of nitriles is 1. The fraction of sp³-hybridized carbons (Fsp3) is 0.583. The van der Waals surface area contributed by atoms with Crippen LogP contribution in [-0.2, 0) is 0 Å². The van der Waals surface area contributed by atoms with E-state index in [1.165, 1.54) is 19.3 Å². The first kappa shape index (κ1) is 10.9. The van der Waals surface area contributed by atoms with Gasteiger partial charge in [-0.15, -0.1) is 0 Å². The van der Waals surface area contributed by atoms with E-state index in [1.807, 2.05) is 6.07 Å². The number of aromatic nitrogens is 2. The third kappa shape index (κ3) is 2.30. The van der Waals surface area contributed by atoms with E-state index in [0.717, 1.165) is 19.0 Å². The van der Waals surface area contributed by atoms with E-state index < -0.39 is 0 Å². The highest BCUT2D eigenvalue weighted by Crippen LogP contribution is 2.23. The molecule has 0 bridgehead atoms. The van der Waals surface area contributed by atoms with Crippen LogP contribution in [-0.4, -0.2) is 23.1 Å². The highest BCUT2D eigenvalue weighted by atomic mass is 15.3. The van der Waals surface area contributed by atoms with Crippen molar-refractivity contribution in [2.45, 2.75) is 26.2 Å². The third-order valence-corrected chi connectivity index (χ3v) is 3.02. The van der Waals surface area contributed by atoms with Crippen molar-refractivity contribution in [3.8, 4) is 6.07 Å². The Bertz CT molecular complexity index is 396. The molecule has 2 heterocycles. The van der Waals surface area contributed by atoms with E-state index in [2.05, 4.69) is 21.8 Å². The zero-order chi connectivity index (χ0) is 11.4. The van der Waals surface area contributed by atoms with Crippen molar-refractivity contribution in [2.75, 3.05) is 18.0 Å². The molecule has 84 valence electrons. The van der Waals surface area contributed by atoms with Gasteiger partial charge in [-0.1, -0.05) is 13.3 Å². The highest BCUT2D eigenvalue weighted by Gasteiger charge is 2.23. The number of hydrogen-bond acceptors (Lipinski definition) is 4. The van der Waals surface area contributed by atoms with Crippen molar-refractivity contribution >= 4 is 5.95 Å². The summed E-state index contributed by atoms with van der Waals surface area (Å²) >= 11 is 0. The lowest BCUT2D eigenvalue weighted by atomic mass is 10.0. The first-order chi connectivity index (χ1) is 7.83. The normalized spacial score (nSPS) is 19.8. The molecule has 1 aliphatic rings. The van der Waals surface area contributed by atoms with Gasteiger partial charge in [-0.25, -0.2) is 9.97 Å². The maximum absolute atomic E-state index is 8.78. The van der Waals surface area contributed by atoms with Gasteiger partial charge in [-0.3, -0.25) is 0 Å². The zero-order valence-electron chi connectivity index (χ0n) is 9.56. The highest BCUT2D eigenvalue weighted by molar-refractivity contribution is 5.34. The average Bonchev–Trinajstić information content (AvgIpc) is 2.78. The van der Waals surface area contributed by atoms with Gasteiger partial charge in [-0.2, -0.15) is 5.26 Å². The van der Waals surface area contributed by atoms with Gasteiger partial charge in [0.05, 0.1) is 0 Å². The molecule has 16 heavy (non-hydrogen) atoms. The van der Waals surface area contributed by atoms with Crippen LogP contribution < -0.4 is 4.90 Å². The summed E-state index contributed by atoms with van der Waals surface area (Å²) in [7, 11) is 0. The van der Waals surface area contributed by atoms with Gasteiger partial charge in [0, 0.05) is 19.3 Å². The van der Waals surface area contributed by atoms with Crippen LogP contribution in [0.3, 0.4) is 0 Å². The SMILES string of the molecule is CCCC1CCN(c2nccc(C#N)n2)C1. The van der Waals surface area contributed by atoms with Gasteiger partial charge < -0.3 is 4.90 Å². The van der Waals surface area contributed by atoms with Crippen molar-refractivity contribution in [2.24, 2.45) is 5.92 Å². The van der Waals surface area contributed by atoms with Crippen LogP contribution in [0.1, 0.15) is 31.9 Å². The van der Waals surface area contributed by atoms with Crippen LogP contribution in [0.15, 0.2) is 12.3 Å². The van der Waals surface area contributed by atoms with E-state index in [9.17, 15) is 0 Å². The maximum Gasteiger partial charge on any atom is 0.226 e. The van der Waals surface area contributed by atoms with Gasteiger partial charge in [0.1, 0.15) is 11.8 Å². The number of rotatable bonds is 3. The summed E-state index contributed by atoms with van der Waals surface area (Å²) in [5.74, 6) is 1.47. The minimum Gasteiger partial charge on any atom is -0.341 e. The Kier molecular flexibility index (Phi) is 3.35. The largest absolute Gasteiger partial charge is 0.341 e. The maximum atomic E-state index is 8.78. The van der Waals surface area contributed by atoms with Crippen LogP contribution in [0.4, 0.5) is 5.95 Å².